The Morgan fingerprint density at radius 3 is 2.50 bits per heavy atom. The van der Waals surface area contributed by atoms with E-state index in [0.717, 1.165) is 11.8 Å². The number of carbonyl (C=O) groups excluding carboxylic acids is 1. The number of ether oxygens (including phenoxy) is 1. The zero-order valence-electron chi connectivity index (χ0n) is 16.8. The fourth-order valence-electron chi connectivity index (χ4n) is 3.93. The van der Waals surface area contributed by atoms with Gasteiger partial charge in [0.1, 0.15) is 11.6 Å². The Morgan fingerprint density at radius 2 is 1.87 bits per heavy atom. The van der Waals surface area contributed by atoms with Crippen molar-refractivity contribution in [3.8, 4) is 11.1 Å². The maximum Gasteiger partial charge on any atom is 0.409 e. The molecule has 2 aromatic carbocycles. The Bertz CT molecular complexity index is 1010. The van der Waals surface area contributed by atoms with Crippen molar-refractivity contribution in [2.24, 2.45) is 0 Å². The Balaban J connectivity index is 1.95. The van der Waals surface area contributed by atoms with E-state index in [1.807, 2.05) is 0 Å². The molecule has 0 bridgehead atoms. The van der Waals surface area contributed by atoms with Crippen molar-refractivity contribution in [3.05, 3.63) is 59.7 Å². The summed E-state index contributed by atoms with van der Waals surface area (Å²) < 4.78 is 59.5. The fourth-order valence-corrected chi connectivity index (χ4v) is 4.76. The van der Waals surface area contributed by atoms with Gasteiger partial charge in [-0.2, -0.15) is 0 Å². The first kappa shape index (κ1) is 22.2. The summed E-state index contributed by atoms with van der Waals surface area (Å²) in [5, 5.41) is 0. The number of piperidine rings is 1. The summed E-state index contributed by atoms with van der Waals surface area (Å²) in [6, 6.07) is 9.41. The number of methoxy groups -OCH3 is 1. The van der Waals surface area contributed by atoms with Gasteiger partial charge in [-0.15, -0.1) is 0 Å². The summed E-state index contributed by atoms with van der Waals surface area (Å²) in [4.78, 5) is 13.8. The van der Waals surface area contributed by atoms with Crippen LogP contribution in [0.5, 0.6) is 0 Å². The lowest BCUT2D eigenvalue weighted by Gasteiger charge is -2.40. The number of hydrogen-bond acceptors (Lipinski definition) is 4. The molecule has 0 saturated carbocycles. The number of halogens is 2. The molecule has 1 heterocycles. The van der Waals surface area contributed by atoms with Crippen LogP contribution >= 0.6 is 0 Å². The van der Waals surface area contributed by atoms with Crippen LogP contribution in [-0.4, -0.2) is 51.4 Å². The van der Waals surface area contributed by atoms with Gasteiger partial charge < -0.3 is 9.64 Å². The molecule has 1 amide bonds. The molecule has 0 spiro atoms. The normalized spacial score (nSPS) is 19.5. The number of amides is 1. The second-order valence-electron chi connectivity index (χ2n) is 7.37. The van der Waals surface area contributed by atoms with E-state index in [1.54, 1.807) is 24.3 Å². The summed E-state index contributed by atoms with van der Waals surface area (Å²) in [5.41, 5.74) is 0.964. The lowest BCUT2D eigenvalue weighted by Crippen LogP contribution is -2.57. The van der Waals surface area contributed by atoms with Crippen molar-refractivity contribution >= 4 is 16.1 Å². The third kappa shape index (κ3) is 5.14. The Kier molecular flexibility index (Phi) is 6.72. The van der Waals surface area contributed by atoms with E-state index in [0.29, 0.717) is 31.4 Å². The number of benzene rings is 2. The van der Waals surface area contributed by atoms with Crippen LogP contribution in [0.1, 0.15) is 18.4 Å². The Hall–Kier alpha value is -2.52. The van der Waals surface area contributed by atoms with Crippen molar-refractivity contribution in [1.29, 1.82) is 0 Å². The van der Waals surface area contributed by atoms with Gasteiger partial charge >= 0.3 is 6.09 Å². The van der Waals surface area contributed by atoms with Crippen LogP contribution < -0.4 is 4.72 Å². The van der Waals surface area contributed by atoms with Crippen molar-refractivity contribution in [3.63, 3.8) is 0 Å². The monoisotopic (exact) mass is 438 g/mol. The summed E-state index contributed by atoms with van der Waals surface area (Å²) in [5.74, 6) is -1.34. The minimum Gasteiger partial charge on any atom is -0.453 e. The van der Waals surface area contributed by atoms with Gasteiger partial charge in [0.15, 0.2) is 0 Å². The van der Waals surface area contributed by atoms with Crippen molar-refractivity contribution in [2.45, 2.75) is 31.3 Å². The SMILES string of the molecule is COC(=O)N1CCCC(NS(C)(=O)=O)C1Cc1cccc(-c2c(F)cccc2F)c1. The van der Waals surface area contributed by atoms with Crippen molar-refractivity contribution in [1.82, 2.24) is 9.62 Å². The van der Waals surface area contributed by atoms with E-state index < -0.39 is 39.8 Å². The van der Waals surface area contributed by atoms with Crippen LogP contribution in [0.15, 0.2) is 42.5 Å². The first-order valence-corrected chi connectivity index (χ1v) is 11.4. The van der Waals surface area contributed by atoms with Gasteiger partial charge in [0.2, 0.25) is 10.0 Å². The van der Waals surface area contributed by atoms with Crippen LogP contribution in [0.3, 0.4) is 0 Å². The standard InChI is InChI=1S/C21H24F2N2O4S/c1-29-21(26)25-11-5-10-18(24-30(2,27)28)19(25)13-14-6-3-7-15(12-14)20-16(22)8-4-9-17(20)23/h3-4,6-9,12,18-19,24H,5,10-11,13H2,1-2H3. The zero-order chi connectivity index (χ0) is 21.9. The predicted molar refractivity (Wildman–Crippen MR) is 109 cm³/mol. The number of rotatable bonds is 5. The average Bonchev–Trinajstić information content (AvgIpc) is 2.68. The van der Waals surface area contributed by atoms with E-state index in [2.05, 4.69) is 4.72 Å². The van der Waals surface area contributed by atoms with E-state index in [-0.39, 0.29) is 5.56 Å². The molecular weight excluding hydrogens is 414 g/mol. The molecule has 2 atom stereocenters. The predicted octanol–water partition coefficient (Wildman–Crippen LogP) is 3.32. The molecule has 1 aliphatic heterocycles. The largest absolute Gasteiger partial charge is 0.453 e. The van der Waals surface area contributed by atoms with Gasteiger partial charge in [-0.3, -0.25) is 0 Å². The highest BCUT2D eigenvalue weighted by Crippen LogP contribution is 2.29. The van der Waals surface area contributed by atoms with Crippen LogP contribution in [0.25, 0.3) is 11.1 Å². The summed E-state index contributed by atoms with van der Waals surface area (Å²) in [7, 11) is -2.22. The van der Waals surface area contributed by atoms with Gasteiger partial charge in [-0.1, -0.05) is 30.3 Å². The molecule has 2 unspecified atom stereocenters. The number of carbonyl (C=O) groups is 1. The highest BCUT2D eigenvalue weighted by molar-refractivity contribution is 7.88. The highest BCUT2D eigenvalue weighted by atomic mass is 32.2. The molecule has 1 saturated heterocycles. The van der Waals surface area contributed by atoms with E-state index >= 15 is 0 Å². The van der Waals surface area contributed by atoms with Gasteiger partial charge in [-0.25, -0.2) is 26.7 Å². The average molecular weight is 438 g/mol. The van der Waals surface area contributed by atoms with Crippen molar-refractivity contribution in [2.75, 3.05) is 19.9 Å². The molecule has 30 heavy (non-hydrogen) atoms. The molecule has 0 aromatic heterocycles. The highest BCUT2D eigenvalue weighted by Gasteiger charge is 2.36. The number of likely N-dealkylation sites (tertiary alicyclic amines) is 1. The molecule has 3 rings (SSSR count). The minimum absolute atomic E-state index is 0.126. The second kappa shape index (κ2) is 9.09. The molecule has 1 fully saturated rings. The number of hydrogen-bond donors (Lipinski definition) is 1. The maximum atomic E-state index is 14.2. The molecule has 2 aromatic rings. The molecular formula is C21H24F2N2O4S. The van der Waals surface area contributed by atoms with Crippen molar-refractivity contribution < 1.29 is 26.7 Å². The van der Waals surface area contributed by atoms with Gasteiger partial charge in [0, 0.05) is 12.6 Å². The fraction of sp³-hybridized carbons (Fsp3) is 0.381. The molecule has 1 N–H and O–H groups in total. The first-order chi connectivity index (χ1) is 14.2. The quantitative estimate of drug-likeness (QED) is 0.777. The number of nitrogens with zero attached hydrogens (tertiary/aromatic N) is 1. The van der Waals surface area contributed by atoms with Crippen LogP contribution in [0, 0.1) is 11.6 Å². The summed E-state index contributed by atoms with van der Waals surface area (Å²) in [6.45, 7) is 0.431. The smallest absolute Gasteiger partial charge is 0.409 e. The first-order valence-electron chi connectivity index (χ1n) is 9.55. The molecule has 162 valence electrons. The zero-order valence-corrected chi connectivity index (χ0v) is 17.6. The van der Waals surface area contributed by atoms with Gasteiger partial charge in [0.05, 0.1) is 25.0 Å². The lowest BCUT2D eigenvalue weighted by atomic mass is 9.90. The van der Waals surface area contributed by atoms with E-state index in [4.69, 9.17) is 4.74 Å². The molecule has 9 heteroatoms. The van der Waals surface area contributed by atoms with Crippen LogP contribution in [-0.2, 0) is 21.2 Å². The number of sulfonamides is 1. The third-order valence-electron chi connectivity index (χ3n) is 5.18. The lowest BCUT2D eigenvalue weighted by molar-refractivity contribution is 0.0792. The summed E-state index contributed by atoms with van der Waals surface area (Å²) >= 11 is 0. The van der Waals surface area contributed by atoms with E-state index in [9.17, 15) is 22.0 Å². The van der Waals surface area contributed by atoms with Crippen LogP contribution in [0.2, 0.25) is 0 Å². The van der Waals surface area contributed by atoms with Crippen LogP contribution in [0.4, 0.5) is 13.6 Å². The molecule has 1 aliphatic rings. The topological polar surface area (TPSA) is 75.7 Å². The second-order valence-corrected chi connectivity index (χ2v) is 9.15. The maximum absolute atomic E-state index is 14.2. The Morgan fingerprint density at radius 1 is 1.20 bits per heavy atom. The third-order valence-corrected chi connectivity index (χ3v) is 5.91. The summed E-state index contributed by atoms with van der Waals surface area (Å²) in [6.07, 6.45) is 2.01. The van der Waals surface area contributed by atoms with Gasteiger partial charge in [0.25, 0.3) is 0 Å². The minimum atomic E-state index is -3.50. The van der Waals surface area contributed by atoms with Gasteiger partial charge in [-0.05, 0) is 42.5 Å². The molecule has 6 nitrogen and oxygen atoms in total. The molecule has 0 radical (unpaired) electrons. The number of nitrogens with one attached hydrogen (secondary N) is 1. The Labute approximate surface area is 174 Å². The van der Waals surface area contributed by atoms with E-state index in [1.165, 1.54) is 30.2 Å². The molecule has 0 aliphatic carbocycles.